The Hall–Kier alpha value is -3.35. The van der Waals surface area contributed by atoms with Crippen LogP contribution < -0.4 is 14.5 Å². The van der Waals surface area contributed by atoms with Crippen molar-refractivity contribution >= 4 is 29.1 Å². The number of hydrogen-bond donors (Lipinski definition) is 0. The predicted molar refractivity (Wildman–Crippen MR) is 98.3 cm³/mol. The lowest BCUT2D eigenvalue weighted by Crippen LogP contribution is -2.50. The molecule has 2 aromatic rings. The van der Waals surface area contributed by atoms with E-state index in [0.717, 1.165) is 28.6 Å². The topological polar surface area (TPSA) is 70.2 Å². The molecule has 3 amide bonds. The van der Waals surface area contributed by atoms with Gasteiger partial charge in [-0.2, -0.15) is 0 Å². The van der Waals surface area contributed by atoms with Crippen LogP contribution >= 0.6 is 0 Å². The second kappa shape index (κ2) is 5.84. The van der Waals surface area contributed by atoms with E-state index in [1.165, 1.54) is 0 Å². The summed E-state index contributed by atoms with van der Waals surface area (Å²) in [6.45, 7) is 2.35. The third-order valence-corrected chi connectivity index (χ3v) is 5.27. The second-order valence-electron chi connectivity index (χ2n) is 6.75. The van der Waals surface area contributed by atoms with Gasteiger partial charge in [0.1, 0.15) is 24.6 Å². The van der Waals surface area contributed by atoms with Gasteiger partial charge in [-0.15, -0.1) is 0 Å². The summed E-state index contributed by atoms with van der Waals surface area (Å²) in [6, 6.07) is 12.3. The maximum Gasteiger partial charge on any atom is 0.262 e. The van der Waals surface area contributed by atoms with Gasteiger partial charge in [-0.05, 0) is 24.3 Å². The van der Waals surface area contributed by atoms with Crippen molar-refractivity contribution in [2.75, 3.05) is 42.6 Å². The number of nitrogens with zero attached hydrogens (tertiary/aromatic N) is 3. The van der Waals surface area contributed by atoms with Crippen LogP contribution in [0.4, 0.5) is 11.4 Å². The lowest BCUT2D eigenvalue weighted by molar-refractivity contribution is -0.119. The van der Waals surface area contributed by atoms with Gasteiger partial charge in [0.25, 0.3) is 11.8 Å². The Morgan fingerprint density at radius 2 is 1.67 bits per heavy atom. The molecule has 136 valence electrons. The first-order valence-electron chi connectivity index (χ1n) is 8.91. The molecular weight excluding hydrogens is 346 g/mol. The Morgan fingerprint density at radius 3 is 2.41 bits per heavy atom. The van der Waals surface area contributed by atoms with Crippen molar-refractivity contribution in [3.63, 3.8) is 0 Å². The zero-order valence-corrected chi connectivity index (χ0v) is 14.6. The highest BCUT2D eigenvalue weighted by Gasteiger charge is 2.38. The van der Waals surface area contributed by atoms with Crippen LogP contribution in [0.1, 0.15) is 20.7 Å². The first kappa shape index (κ1) is 15.9. The molecule has 0 atom stereocenters. The molecule has 27 heavy (non-hydrogen) atoms. The molecule has 5 rings (SSSR count). The number of imide groups is 1. The molecule has 0 bridgehead atoms. The molecule has 0 aliphatic carbocycles. The van der Waals surface area contributed by atoms with Gasteiger partial charge in [-0.1, -0.05) is 18.2 Å². The van der Waals surface area contributed by atoms with Gasteiger partial charge in [-0.25, -0.2) is 0 Å². The Morgan fingerprint density at radius 1 is 0.926 bits per heavy atom. The summed E-state index contributed by atoms with van der Waals surface area (Å²) in [6.07, 6.45) is 0. The van der Waals surface area contributed by atoms with Crippen molar-refractivity contribution in [2.45, 2.75) is 0 Å². The highest BCUT2D eigenvalue weighted by atomic mass is 16.5. The monoisotopic (exact) mass is 363 g/mol. The van der Waals surface area contributed by atoms with E-state index in [1.54, 1.807) is 29.2 Å². The second-order valence-corrected chi connectivity index (χ2v) is 6.75. The minimum absolute atomic E-state index is 0.267. The van der Waals surface area contributed by atoms with Gasteiger partial charge < -0.3 is 14.5 Å². The highest BCUT2D eigenvalue weighted by Crippen LogP contribution is 2.42. The molecular formula is C20H17N3O4. The summed E-state index contributed by atoms with van der Waals surface area (Å²) in [5, 5.41) is 0. The van der Waals surface area contributed by atoms with Crippen LogP contribution in [0, 0.1) is 0 Å². The third kappa shape index (κ3) is 2.31. The summed E-state index contributed by atoms with van der Waals surface area (Å²) in [7, 11) is 0. The van der Waals surface area contributed by atoms with Gasteiger partial charge in [0, 0.05) is 13.1 Å². The summed E-state index contributed by atoms with van der Waals surface area (Å²) in [4.78, 5) is 43.0. The number of amides is 3. The van der Waals surface area contributed by atoms with E-state index in [1.807, 2.05) is 18.2 Å². The molecule has 0 radical (unpaired) electrons. The standard InChI is InChI=1S/C20H17N3O4/c24-17(12-23-19(25)13-4-1-2-5-14(13)20(23)26)22-9-8-21-10-11-27-16-7-3-6-15(22)18(16)21/h1-7H,8-12H2. The van der Waals surface area contributed by atoms with Crippen LogP contribution in [0.2, 0.25) is 0 Å². The summed E-state index contributed by atoms with van der Waals surface area (Å²) in [5.41, 5.74) is 2.38. The molecule has 3 aliphatic heterocycles. The zero-order valence-electron chi connectivity index (χ0n) is 14.6. The number of anilines is 2. The molecule has 7 nitrogen and oxygen atoms in total. The van der Waals surface area contributed by atoms with Crippen molar-refractivity contribution in [2.24, 2.45) is 0 Å². The number of ether oxygens (including phenoxy) is 1. The Bertz CT molecular complexity index is 952. The molecule has 0 saturated heterocycles. The van der Waals surface area contributed by atoms with E-state index < -0.39 is 11.8 Å². The van der Waals surface area contributed by atoms with Crippen LogP contribution in [0.15, 0.2) is 42.5 Å². The minimum Gasteiger partial charge on any atom is -0.489 e. The largest absolute Gasteiger partial charge is 0.489 e. The number of para-hydroxylation sites is 1. The van der Waals surface area contributed by atoms with Crippen molar-refractivity contribution in [1.82, 2.24) is 4.90 Å². The SMILES string of the molecule is O=C1c2ccccc2C(=O)N1CC(=O)N1CCN2CCOc3cccc1c32. The van der Waals surface area contributed by atoms with Gasteiger partial charge in [0.2, 0.25) is 5.91 Å². The summed E-state index contributed by atoms with van der Waals surface area (Å²) < 4.78 is 5.71. The average molecular weight is 363 g/mol. The molecule has 0 unspecified atom stereocenters. The molecule has 2 aromatic carbocycles. The fourth-order valence-electron chi connectivity index (χ4n) is 3.97. The summed E-state index contributed by atoms with van der Waals surface area (Å²) in [5.74, 6) is -0.345. The number of carbonyl (C=O) groups excluding carboxylic acids is 3. The van der Waals surface area contributed by atoms with Crippen LogP contribution in [0.25, 0.3) is 0 Å². The first-order valence-corrected chi connectivity index (χ1v) is 8.91. The van der Waals surface area contributed by atoms with Crippen LogP contribution in [0.5, 0.6) is 5.75 Å². The molecule has 3 aliphatic rings. The average Bonchev–Trinajstić information content (AvgIpc) is 2.94. The number of benzene rings is 2. The van der Waals surface area contributed by atoms with Crippen LogP contribution in [0.3, 0.4) is 0 Å². The quantitative estimate of drug-likeness (QED) is 0.757. The fraction of sp³-hybridized carbons (Fsp3) is 0.250. The van der Waals surface area contributed by atoms with Gasteiger partial charge in [0.15, 0.2) is 0 Å². The van der Waals surface area contributed by atoms with Crippen molar-refractivity contribution < 1.29 is 19.1 Å². The van der Waals surface area contributed by atoms with Gasteiger partial charge in [-0.3, -0.25) is 19.3 Å². The van der Waals surface area contributed by atoms with E-state index in [-0.39, 0.29) is 12.5 Å². The molecule has 3 heterocycles. The summed E-state index contributed by atoms with van der Waals surface area (Å²) >= 11 is 0. The normalized spacial score (nSPS) is 17.6. The predicted octanol–water partition coefficient (Wildman–Crippen LogP) is 1.53. The van der Waals surface area contributed by atoms with Crippen molar-refractivity contribution in [3.8, 4) is 5.75 Å². The van der Waals surface area contributed by atoms with E-state index in [9.17, 15) is 14.4 Å². The van der Waals surface area contributed by atoms with Crippen LogP contribution in [-0.4, -0.2) is 55.4 Å². The molecule has 0 fully saturated rings. The number of hydrogen-bond acceptors (Lipinski definition) is 5. The Kier molecular flexibility index (Phi) is 3.43. The Balaban J connectivity index is 1.43. The van der Waals surface area contributed by atoms with Crippen LogP contribution in [-0.2, 0) is 4.79 Å². The minimum atomic E-state index is -0.416. The van der Waals surface area contributed by atoms with E-state index in [0.29, 0.717) is 30.8 Å². The van der Waals surface area contributed by atoms with E-state index >= 15 is 0 Å². The lowest BCUT2D eigenvalue weighted by Gasteiger charge is -2.41. The molecule has 0 spiro atoms. The maximum atomic E-state index is 13.0. The smallest absolute Gasteiger partial charge is 0.262 e. The van der Waals surface area contributed by atoms with Crippen molar-refractivity contribution in [1.29, 1.82) is 0 Å². The molecule has 7 heteroatoms. The van der Waals surface area contributed by atoms with Crippen molar-refractivity contribution in [3.05, 3.63) is 53.6 Å². The van der Waals surface area contributed by atoms with Gasteiger partial charge in [0.05, 0.1) is 23.4 Å². The zero-order chi connectivity index (χ0) is 18.5. The first-order chi connectivity index (χ1) is 13.1. The van der Waals surface area contributed by atoms with E-state index in [2.05, 4.69) is 4.90 Å². The fourth-order valence-corrected chi connectivity index (χ4v) is 3.97. The molecule has 0 aromatic heterocycles. The third-order valence-electron chi connectivity index (χ3n) is 5.27. The number of fused-ring (bicyclic) bond motifs is 1. The lowest BCUT2D eigenvalue weighted by atomic mass is 10.1. The molecule has 0 N–H and O–H groups in total. The highest BCUT2D eigenvalue weighted by molar-refractivity contribution is 6.22. The maximum absolute atomic E-state index is 13.0. The molecule has 0 saturated carbocycles. The number of rotatable bonds is 2. The Labute approximate surface area is 155 Å². The number of carbonyl (C=O) groups is 3. The van der Waals surface area contributed by atoms with E-state index in [4.69, 9.17) is 4.74 Å². The van der Waals surface area contributed by atoms with Gasteiger partial charge >= 0.3 is 0 Å².